The fourth-order valence-corrected chi connectivity index (χ4v) is 3.13. The highest BCUT2D eigenvalue weighted by Gasteiger charge is 2.33. The van der Waals surface area contributed by atoms with Gasteiger partial charge < -0.3 is 15.4 Å². The molecule has 1 aliphatic heterocycles. The molecule has 1 fully saturated rings. The number of thiophene rings is 1. The van der Waals surface area contributed by atoms with Gasteiger partial charge in [0.2, 0.25) is 0 Å². The fraction of sp³-hybridized carbons (Fsp3) is 0.533. The molecule has 1 aromatic heterocycles. The molecule has 108 valence electrons. The van der Waals surface area contributed by atoms with E-state index < -0.39 is 0 Å². The number of carbonyl (C=O) groups is 1. The second-order valence-electron chi connectivity index (χ2n) is 5.19. The molecule has 2 heterocycles. The topological polar surface area (TPSA) is 55.6 Å². The van der Waals surface area contributed by atoms with Gasteiger partial charge in [0.25, 0.3) is 5.91 Å². The van der Waals surface area contributed by atoms with Crippen molar-refractivity contribution in [2.24, 2.45) is 5.73 Å². The van der Waals surface area contributed by atoms with Gasteiger partial charge in [-0.3, -0.25) is 4.79 Å². The van der Waals surface area contributed by atoms with E-state index >= 15 is 0 Å². The number of amides is 1. The molecular weight excluding hydrogens is 272 g/mol. The van der Waals surface area contributed by atoms with Crippen LogP contribution in [0.5, 0.6) is 0 Å². The Morgan fingerprint density at radius 1 is 1.65 bits per heavy atom. The minimum atomic E-state index is -0.230. The van der Waals surface area contributed by atoms with Crippen molar-refractivity contribution in [1.82, 2.24) is 4.90 Å². The zero-order valence-electron chi connectivity index (χ0n) is 11.9. The van der Waals surface area contributed by atoms with Crippen LogP contribution in [-0.2, 0) is 4.74 Å². The molecule has 1 aromatic rings. The van der Waals surface area contributed by atoms with Crippen LogP contribution in [0.15, 0.2) is 11.4 Å². The molecule has 1 atom stereocenters. The molecule has 0 aromatic carbocycles. The van der Waals surface area contributed by atoms with Crippen molar-refractivity contribution in [3.63, 3.8) is 0 Å². The Hall–Kier alpha value is -1.35. The fourth-order valence-electron chi connectivity index (χ4n) is 2.38. The summed E-state index contributed by atoms with van der Waals surface area (Å²) in [6.07, 6.45) is 1.96. The van der Waals surface area contributed by atoms with Crippen molar-refractivity contribution < 1.29 is 9.53 Å². The summed E-state index contributed by atoms with van der Waals surface area (Å²) in [6.45, 7) is 3.82. The molecule has 5 heteroatoms. The van der Waals surface area contributed by atoms with E-state index in [1.54, 1.807) is 7.11 Å². The molecule has 0 saturated carbocycles. The van der Waals surface area contributed by atoms with Crippen LogP contribution in [0, 0.1) is 11.8 Å². The first kappa shape index (κ1) is 15.0. The van der Waals surface area contributed by atoms with Gasteiger partial charge >= 0.3 is 0 Å². The molecule has 4 nitrogen and oxygen atoms in total. The molecule has 1 amide bonds. The zero-order valence-corrected chi connectivity index (χ0v) is 12.8. The van der Waals surface area contributed by atoms with Crippen molar-refractivity contribution in [2.75, 3.05) is 26.7 Å². The average molecular weight is 292 g/mol. The van der Waals surface area contributed by atoms with Crippen LogP contribution in [0.3, 0.4) is 0 Å². The SMILES string of the molecule is COC1(C)CCCN(C(=O)c2csc(C#CCN)c2)C1. The Morgan fingerprint density at radius 2 is 2.45 bits per heavy atom. The van der Waals surface area contributed by atoms with Gasteiger partial charge in [-0.2, -0.15) is 0 Å². The van der Waals surface area contributed by atoms with Gasteiger partial charge in [0.15, 0.2) is 0 Å². The van der Waals surface area contributed by atoms with Gasteiger partial charge in [-0.15, -0.1) is 11.3 Å². The van der Waals surface area contributed by atoms with Crippen molar-refractivity contribution >= 4 is 17.2 Å². The molecule has 2 rings (SSSR count). The Balaban J connectivity index is 2.09. The lowest BCUT2D eigenvalue weighted by atomic mass is 9.94. The lowest BCUT2D eigenvalue weighted by Gasteiger charge is -2.39. The Morgan fingerprint density at radius 3 is 3.15 bits per heavy atom. The van der Waals surface area contributed by atoms with Crippen molar-refractivity contribution in [1.29, 1.82) is 0 Å². The third-order valence-electron chi connectivity index (χ3n) is 3.60. The van der Waals surface area contributed by atoms with E-state index in [1.165, 1.54) is 11.3 Å². The number of hydrogen-bond donors (Lipinski definition) is 1. The molecule has 1 unspecified atom stereocenters. The van der Waals surface area contributed by atoms with E-state index in [4.69, 9.17) is 10.5 Å². The van der Waals surface area contributed by atoms with Crippen LogP contribution in [0.2, 0.25) is 0 Å². The zero-order chi connectivity index (χ0) is 14.6. The summed E-state index contributed by atoms with van der Waals surface area (Å²) in [5.41, 5.74) is 5.82. The van der Waals surface area contributed by atoms with Crippen LogP contribution in [0.1, 0.15) is 35.0 Å². The number of likely N-dealkylation sites (tertiary alicyclic amines) is 1. The van der Waals surface area contributed by atoms with E-state index in [1.807, 2.05) is 16.3 Å². The molecule has 20 heavy (non-hydrogen) atoms. The maximum atomic E-state index is 12.5. The highest BCUT2D eigenvalue weighted by atomic mass is 32.1. The second-order valence-corrected chi connectivity index (χ2v) is 6.10. The minimum absolute atomic E-state index is 0.0602. The predicted molar refractivity (Wildman–Crippen MR) is 80.8 cm³/mol. The summed E-state index contributed by atoms with van der Waals surface area (Å²) in [6, 6.07) is 1.84. The van der Waals surface area contributed by atoms with Gasteiger partial charge in [-0.1, -0.05) is 11.8 Å². The molecule has 1 aliphatic rings. The Bertz CT molecular complexity index is 544. The lowest BCUT2D eigenvalue weighted by molar-refractivity contribution is -0.0440. The minimum Gasteiger partial charge on any atom is -0.377 e. The van der Waals surface area contributed by atoms with Gasteiger partial charge in [0, 0.05) is 25.6 Å². The van der Waals surface area contributed by atoms with Crippen molar-refractivity contribution in [3.8, 4) is 11.8 Å². The van der Waals surface area contributed by atoms with Crippen LogP contribution in [0.25, 0.3) is 0 Å². The third kappa shape index (κ3) is 3.40. The average Bonchev–Trinajstić information content (AvgIpc) is 2.93. The van der Waals surface area contributed by atoms with Gasteiger partial charge in [-0.05, 0) is 25.8 Å². The molecule has 0 aliphatic carbocycles. The van der Waals surface area contributed by atoms with Crippen LogP contribution in [-0.4, -0.2) is 43.2 Å². The Labute approximate surface area is 123 Å². The molecule has 0 spiro atoms. The number of ether oxygens (including phenoxy) is 1. The van der Waals surface area contributed by atoms with E-state index in [-0.39, 0.29) is 11.5 Å². The van der Waals surface area contributed by atoms with Crippen LogP contribution in [0.4, 0.5) is 0 Å². The number of nitrogens with zero attached hydrogens (tertiary/aromatic N) is 1. The molecule has 2 N–H and O–H groups in total. The van der Waals surface area contributed by atoms with Gasteiger partial charge in [0.1, 0.15) is 0 Å². The molecule has 0 radical (unpaired) electrons. The molecule has 0 bridgehead atoms. The lowest BCUT2D eigenvalue weighted by Crippen LogP contribution is -2.49. The number of carbonyl (C=O) groups excluding carboxylic acids is 1. The first-order valence-corrected chi connectivity index (χ1v) is 7.58. The maximum Gasteiger partial charge on any atom is 0.254 e. The van der Waals surface area contributed by atoms with E-state index in [2.05, 4.69) is 18.8 Å². The van der Waals surface area contributed by atoms with Gasteiger partial charge in [-0.25, -0.2) is 0 Å². The maximum absolute atomic E-state index is 12.5. The molecular formula is C15H20N2O2S. The largest absolute Gasteiger partial charge is 0.377 e. The smallest absolute Gasteiger partial charge is 0.254 e. The first-order valence-electron chi connectivity index (χ1n) is 6.70. The quantitative estimate of drug-likeness (QED) is 0.844. The van der Waals surface area contributed by atoms with E-state index in [0.29, 0.717) is 18.7 Å². The summed E-state index contributed by atoms with van der Waals surface area (Å²) in [4.78, 5) is 15.2. The monoisotopic (exact) mass is 292 g/mol. The van der Waals surface area contributed by atoms with Crippen molar-refractivity contribution in [2.45, 2.75) is 25.4 Å². The first-order chi connectivity index (χ1) is 9.58. The van der Waals surface area contributed by atoms with Crippen LogP contribution >= 0.6 is 11.3 Å². The summed E-state index contributed by atoms with van der Waals surface area (Å²) >= 11 is 1.48. The summed E-state index contributed by atoms with van der Waals surface area (Å²) in [5.74, 6) is 5.82. The summed E-state index contributed by atoms with van der Waals surface area (Å²) < 4.78 is 5.53. The number of hydrogen-bond acceptors (Lipinski definition) is 4. The molecule has 1 saturated heterocycles. The number of nitrogens with two attached hydrogens (primary N) is 1. The highest BCUT2D eigenvalue weighted by molar-refractivity contribution is 7.10. The predicted octanol–water partition coefficient (Wildman–Crippen LogP) is 1.70. The summed E-state index contributed by atoms with van der Waals surface area (Å²) in [7, 11) is 1.71. The third-order valence-corrected chi connectivity index (χ3v) is 4.44. The normalized spacial score (nSPS) is 22.2. The highest BCUT2D eigenvalue weighted by Crippen LogP contribution is 2.26. The number of methoxy groups -OCH3 is 1. The number of piperidine rings is 1. The Kier molecular flexibility index (Phi) is 4.81. The van der Waals surface area contributed by atoms with Gasteiger partial charge in [0.05, 0.1) is 22.6 Å². The van der Waals surface area contributed by atoms with Crippen LogP contribution < -0.4 is 5.73 Å². The number of rotatable bonds is 2. The standard InChI is InChI=1S/C15H20N2O2S/c1-15(19-2)6-4-8-17(11-15)14(18)12-9-13(20-10-12)5-3-7-16/h9-10H,4,6-8,11,16H2,1-2H3. The van der Waals surface area contributed by atoms with E-state index in [9.17, 15) is 4.79 Å². The van der Waals surface area contributed by atoms with E-state index in [0.717, 1.165) is 24.3 Å². The van der Waals surface area contributed by atoms with Crippen molar-refractivity contribution in [3.05, 3.63) is 21.9 Å². The second kappa shape index (κ2) is 6.40. The summed E-state index contributed by atoms with van der Waals surface area (Å²) in [5, 5.41) is 1.86.